The summed E-state index contributed by atoms with van der Waals surface area (Å²) in [6.45, 7) is 0. The van der Waals surface area contributed by atoms with Crippen molar-refractivity contribution in [3.05, 3.63) is 44.6 Å². The fourth-order valence-corrected chi connectivity index (χ4v) is 3.19. The van der Waals surface area contributed by atoms with E-state index in [4.69, 9.17) is 0 Å². The van der Waals surface area contributed by atoms with Gasteiger partial charge in [-0.1, -0.05) is 37.1 Å². The lowest BCUT2D eigenvalue weighted by Gasteiger charge is -2.16. The Hall–Kier alpha value is -0.720. The molecule has 0 aliphatic carbocycles. The first kappa shape index (κ1) is 13.7. The van der Waals surface area contributed by atoms with Crippen molar-refractivity contribution < 1.29 is 0 Å². The van der Waals surface area contributed by atoms with Gasteiger partial charge in [0.25, 0.3) is 0 Å². The van der Waals surface area contributed by atoms with Gasteiger partial charge in [-0.25, -0.2) is 0 Å². The van der Waals surface area contributed by atoms with Gasteiger partial charge in [-0.05, 0) is 30.8 Å². The third-order valence-electron chi connectivity index (χ3n) is 2.70. The zero-order valence-electron chi connectivity index (χ0n) is 10.2. The van der Waals surface area contributed by atoms with Crippen LogP contribution < -0.4 is 5.32 Å². The van der Waals surface area contributed by atoms with Gasteiger partial charge in [0.1, 0.15) is 0 Å². The van der Waals surface area contributed by atoms with E-state index in [1.54, 1.807) is 4.68 Å². The topological polar surface area (TPSA) is 42.7 Å². The van der Waals surface area contributed by atoms with Gasteiger partial charge in [-0.3, -0.25) is 4.68 Å². The first-order chi connectivity index (χ1) is 8.58. The van der Waals surface area contributed by atoms with Crippen LogP contribution in [-0.2, 0) is 13.5 Å². The molecule has 1 heterocycles. The summed E-state index contributed by atoms with van der Waals surface area (Å²) in [5.74, 6) is 0. The Morgan fingerprint density at radius 1 is 1.28 bits per heavy atom. The smallest absolute Gasteiger partial charge is 0.0845 e. The highest BCUT2D eigenvalue weighted by Gasteiger charge is 2.13. The number of likely N-dealkylation sites (N-methyl/N-ethyl adjacent to an activating group) is 1. The zero-order valence-corrected chi connectivity index (χ0v) is 13.4. The molecule has 0 spiro atoms. The van der Waals surface area contributed by atoms with E-state index < -0.39 is 0 Å². The highest BCUT2D eigenvalue weighted by molar-refractivity contribution is 9.11. The van der Waals surface area contributed by atoms with Crippen molar-refractivity contribution in [1.29, 1.82) is 0 Å². The second-order valence-electron chi connectivity index (χ2n) is 4.13. The molecule has 0 aliphatic heterocycles. The second-order valence-corrected chi connectivity index (χ2v) is 5.96. The molecular weight excluding hydrogens is 360 g/mol. The molecule has 1 atom stereocenters. The molecule has 0 radical (unpaired) electrons. The standard InChI is InChI=1S/C12H14Br2N4/c1-15-12(6-11-7-18(2)17-16-11)8-3-9(13)5-10(14)4-8/h3-5,7,12,15H,6H2,1-2H3. The minimum atomic E-state index is 0.218. The quantitative estimate of drug-likeness (QED) is 0.895. The third kappa shape index (κ3) is 3.40. The lowest BCUT2D eigenvalue weighted by atomic mass is 10.0. The van der Waals surface area contributed by atoms with Gasteiger partial charge >= 0.3 is 0 Å². The molecule has 6 heteroatoms. The Labute approximate surface area is 123 Å². The van der Waals surface area contributed by atoms with Crippen LogP contribution in [0.15, 0.2) is 33.3 Å². The maximum atomic E-state index is 4.12. The Balaban J connectivity index is 2.22. The minimum absolute atomic E-state index is 0.218. The van der Waals surface area contributed by atoms with Crippen LogP contribution in [0.1, 0.15) is 17.3 Å². The summed E-state index contributed by atoms with van der Waals surface area (Å²) in [5.41, 5.74) is 2.19. The molecule has 4 nitrogen and oxygen atoms in total. The first-order valence-electron chi connectivity index (χ1n) is 5.57. The van der Waals surface area contributed by atoms with Gasteiger partial charge in [0.2, 0.25) is 0 Å². The maximum Gasteiger partial charge on any atom is 0.0845 e. The van der Waals surface area contributed by atoms with Crippen molar-refractivity contribution in [1.82, 2.24) is 20.3 Å². The molecule has 2 aromatic rings. The molecule has 18 heavy (non-hydrogen) atoms. The molecule has 2 rings (SSSR count). The average Bonchev–Trinajstić information content (AvgIpc) is 2.70. The van der Waals surface area contributed by atoms with Gasteiger partial charge in [0, 0.05) is 34.7 Å². The van der Waals surface area contributed by atoms with Gasteiger partial charge in [0.05, 0.1) is 5.69 Å². The van der Waals surface area contributed by atoms with Gasteiger partial charge < -0.3 is 5.32 Å². The van der Waals surface area contributed by atoms with Crippen molar-refractivity contribution in [2.24, 2.45) is 7.05 Å². The molecule has 0 saturated heterocycles. The number of hydrogen-bond acceptors (Lipinski definition) is 3. The summed E-state index contributed by atoms with van der Waals surface area (Å²) in [7, 11) is 3.83. The van der Waals surface area contributed by atoms with Crippen LogP contribution >= 0.6 is 31.9 Å². The van der Waals surface area contributed by atoms with Crippen LogP contribution in [0.3, 0.4) is 0 Å². The lowest BCUT2D eigenvalue weighted by molar-refractivity contribution is 0.583. The summed E-state index contributed by atoms with van der Waals surface area (Å²) in [6, 6.07) is 6.47. The summed E-state index contributed by atoms with van der Waals surface area (Å²) in [4.78, 5) is 0. The molecule has 1 N–H and O–H groups in total. The third-order valence-corrected chi connectivity index (χ3v) is 3.61. The first-order valence-corrected chi connectivity index (χ1v) is 7.15. The van der Waals surface area contributed by atoms with Crippen LogP contribution in [0.25, 0.3) is 0 Å². The molecule has 0 fully saturated rings. The molecule has 1 unspecified atom stereocenters. The zero-order chi connectivity index (χ0) is 13.1. The summed E-state index contributed by atoms with van der Waals surface area (Å²) >= 11 is 7.02. The lowest BCUT2D eigenvalue weighted by Crippen LogP contribution is -2.19. The molecule has 1 aromatic heterocycles. The minimum Gasteiger partial charge on any atom is -0.313 e. The van der Waals surface area contributed by atoms with Crippen molar-refractivity contribution in [3.63, 3.8) is 0 Å². The number of rotatable bonds is 4. The predicted octanol–water partition coefficient (Wildman–Crippen LogP) is 2.84. The van der Waals surface area contributed by atoms with E-state index in [9.17, 15) is 0 Å². The van der Waals surface area contributed by atoms with E-state index in [0.29, 0.717) is 0 Å². The van der Waals surface area contributed by atoms with Crippen molar-refractivity contribution in [3.8, 4) is 0 Å². The fraction of sp³-hybridized carbons (Fsp3) is 0.333. The number of aromatic nitrogens is 3. The molecule has 0 amide bonds. The maximum absolute atomic E-state index is 4.12. The van der Waals surface area contributed by atoms with Gasteiger partial charge in [-0.2, -0.15) is 0 Å². The Kier molecular flexibility index (Phi) is 4.53. The Bertz CT molecular complexity index is 518. The van der Waals surface area contributed by atoms with E-state index in [1.807, 2.05) is 26.4 Å². The Morgan fingerprint density at radius 2 is 1.94 bits per heavy atom. The van der Waals surface area contributed by atoms with Crippen LogP contribution in [0.4, 0.5) is 0 Å². The van der Waals surface area contributed by atoms with E-state index >= 15 is 0 Å². The predicted molar refractivity (Wildman–Crippen MR) is 78.3 cm³/mol. The average molecular weight is 374 g/mol. The van der Waals surface area contributed by atoms with Crippen LogP contribution in [0, 0.1) is 0 Å². The van der Waals surface area contributed by atoms with E-state index in [1.165, 1.54) is 5.56 Å². The summed E-state index contributed by atoms with van der Waals surface area (Å²) < 4.78 is 3.84. The van der Waals surface area contributed by atoms with Crippen LogP contribution in [0.5, 0.6) is 0 Å². The van der Waals surface area contributed by atoms with E-state index in [0.717, 1.165) is 21.1 Å². The molecule has 0 bridgehead atoms. The molecule has 0 saturated carbocycles. The summed E-state index contributed by atoms with van der Waals surface area (Å²) in [5, 5.41) is 11.4. The van der Waals surface area contributed by atoms with Gasteiger partial charge in [0.15, 0.2) is 0 Å². The number of nitrogens with zero attached hydrogens (tertiary/aromatic N) is 3. The fourth-order valence-electron chi connectivity index (χ4n) is 1.86. The highest BCUT2D eigenvalue weighted by atomic mass is 79.9. The second kappa shape index (κ2) is 5.95. The van der Waals surface area contributed by atoms with E-state index in [2.05, 4.69) is 59.6 Å². The number of benzene rings is 1. The summed E-state index contributed by atoms with van der Waals surface area (Å²) in [6.07, 6.45) is 2.75. The number of hydrogen-bond donors (Lipinski definition) is 1. The largest absolute Gasteiger partial charge is 0.313 e. The number of nitrogens with one attached hydrogen (secondary N) is 1. The van der Waals surface area contributed by atoms with Crippen molar-refractivity contribution >= 4 is 31.9 Å². The van der Waals surface area contributed by atoms with Gasteiger partial charge in [-0.15, -0.1) is 5.10 Å². The molecule has 96 valence electrons. The number of aryl methyl sites for hydroxylation is 1. The Morgan fingerprint density at radius 3 is 2.44 bits per heavy atom. The normalized spacial score (nSPS) is 12.7. The van der Waals surface area contributed by atoms with Crippen molar-refractivity contribution in [2.45, 2.75) is 12.5 Å². The molecular formula is C12H14Br2N4. The number of halogens is 2. The van der Waals surface area contributed by atoms with Crippen molar-refractivity contribution in [2.75, 3.05) is 7.05 Å². The molecule has 1 aromatic carbocycles. The van der Waals surface area contributed by atoms with Crippen LogP contribution in [-0.4, -0.2) is 22.0 Å². The molecule has 0 aliphatic rings. The SMILES string of the molecule is CNC(Cc1cn(C)nn1)c1cc(Br)cc(Br)c1. The highest BCUT2D eigenvalue weighted by Crippen LogP contribution is 2.25. The van der Waals surface area contributed by atoms with Crippen LogP contribution in [0.2, 0.25) is 0 Å². The van der Waals surface area contributed by atoms with E-state index in [-0.39, 0.29) is 6.04 Å². The monoisotopic (exact) mass is 372 g/mol.